The third-order valence-electron chi connectivity index (χ3n) is 5.90. The minimum absolute atomic E-state index is 0.00347. The van der Waals surface area contributed by atoms with Crippen LogP contribution in [0.15, 0.2) is 41.4 Å². The maximum Gasteiger partial charge on any atom is 0.244 e. The summed E-state index contributed by atoms with van der Waals surface area (Å²) in [6, 6.07) is 9.50. The highest BCUT2D eigenvalue weighted by Crippen LogP contribution is 2.25. The van der Waals surface area contributed by atoms with Crippen LogP contribution >= 0.6 is 0 Å². The molecule has 1 fully saturated rings. The van der Waals surface area contributed by atoms with Gasteiger partial charge in [-0.25, -0.2) is 8.42 Å². The van der Waals surface area contributed by atoms with Gasteiger partial charge >= 0.3 is 0 Å². The molecule has 1 N–H and O–H groups in total. The van der Waals surface area contributed by atoms with Crippen LogP contribution in [0.1, 0.15) is 37.4 Å². The summed E-state index contributed by atoms with van der Waals surface area (Å²) < 4.78 is 36.2. The van der Waals surface area contributed by atoms with Crippen molar-refractivity contribution in [1.82, 2.24) is 14.2 Å². The van der Waals surface area contributed by atoms with Crippen LogP contribution in [-0.4, -0.2) is 50.0 Å². The van der Waals surface area contributed by atoms with E-state index >= 15 is 0 Å². The Morgan fingerprint density at radius 3 is 2.69 bits per heavy atom. The molecule has 8 nitrogen and oxygen atoms in total. The number of aromatic nitrogens is 1. The number of likely N-dealkylation sites (tertiary alicyclic amines) is 1. The van der Waals surface area contributed by atoms with E-state index in [-0.39, 0.29) is 23.0 Å². The van der Waals surface area contributed by atoms with Crippen LogP contribution in [0.5, 0.6) is 5.75 Å². The van der Waals surface area contributed by atoms with Gasteiger partial charge in [0.15, 0.2) is 0 Å². The molecule has 1 saturated heterocycles. The summed E-state index contributed by atoms with van der Waals surface area (Å²) in [7, 11) is -2.61. The number of nitriles is 1. The van der Waals surface area contributed by atoms with Crippen molar-refractivity contribution >= 4 is 15.9 Å². The molecule has 0 radical (unpaired) electrons. The van der Waals surface area contributed by atoms with Crippen LogP contribution in [0.3, 0.4) is 0 Å². The number of nitrogens with zero attached hydrogens (tertiary/aromatic N) is 3. The number of benzene rings is 1. The van der Waals surface area contributed by atoms with Crippen LogP contribution < -0.4 is 9.46 Å². The monoisotopic (exact) mass is 458 g/mol. The lowest BCUT2D eigenvalue weighted by Gasteiger charge is -2.33. The standard InChI is InChI=1S/C23H30N4O4S/c1-17-8-12-27(13-9-17)23(28)20(10-14-26-11-4-5-19(26)16-24)25-32(29,30)22-15-18(2)6-7-21(22)31-3/h4-7,11,15,17,20,25H,8-10,12-14H2,1-3H3. The highest BCUT2D eigenvalue weighted by molar-refractivity contribution is 7.89. The highest BCUT2D eigenvalue weighted by Gasteiger charge is 2.32. The number of sulfonamides is 1. The molecular weight excluding hydrogens is 428 g/mol. The third-order valence-corrected chi connectivity index (χ3v) is 7.40. The van der Waals surface area contributed by atoms with E-state index < -0.39 is 16.1 Å². The molecular formula is C23H30N4O4S. The third kappa shape index (κ3) is 5.50. The van der Waals surface area contributed by atoms with Crippen LogP contribution in [0, 0.1) is 24.2 Å². The molecule has 1 atom stereocenters. The molecule has 0 aliphatic carbocycles. The van der Waals surface area contributed by atoms with E-state index in [1.807, 2.05) is 0 Å². The van der Waals surface area contributed by atoms with Gasteiger partial charge in [-0.1, -0.05) is 13.0 Å². The average molecular weight is 459 g/mol. The fourth-order valence-corrected chi connectivity index (χ4v) is 5.38. The second-order valence-corrected chi connectivity index (χ2v) is 10.0. The summed E-state index contributed by atoms with van der Waals surface area (Å²) in [6.07, 6.45) is 3.77. The molecule has 0 spiro atoms. The van der Waals surface area contributed by atoms with E-state index in [0.29, 0.717) is 31.2 Å². The van der Waals surface area contributed by atoms with Crippen LogP contribution in [0.25, 0.3) is 0 Å². The largest absolute Gasteiger partial charge is 0.495 e. The predicted molar refractivity (Wildman–Crippen MR) is 121 cm³/mol. The van der Waals surface area contributed by atoms with E-state index in [0.717, 1.165) is 18.4 Å². The first-order valence-corrected chi connectivity index (χ1v) is 12.2. The fraction of sp³-hybridized carbons (Fsp3) is 0.478. The molecule has 1 aliphatic heterocycles. The minimum atomic E-state index is -4.02. The molecule has 1 amide bonds. The van der Waals surface area contributed by atoms with Gasteiger partial charge in [0.05, 0.1) is 7.11 Å². The van der Waals surface area contributed by atoms with Crippen molar-refractivity contribution in [3.63, 3.8) is 0 Å². The minimum Gasteiger partial charge on any atom is -0.495 e. The van der Waals surface area contributed by atoms with E-state index in [1.165, 1.54) is 13.2 Å². The molecule has 2 heterocycles. The molecule has 2 aromatic rings. The molecule has 0 saturated carbocycles. The maximum absolute atomic E-state index is 13.3. The lowest BCUT2D eigenvalue weighted by Crippen LogP contribution is -2.51. The zero-order chi connectivity index (χ0) is 23.3. The SMILES string of the molecule is COc1ccc(C)cc1S(=O)(=O)NC(CCn1cccc1C#N)C(=O)N1CCC(C)CC1. The number of hydrogen-bond acceptors (Lipinski definition) is 5. The van der Waals surface area contributed by atoms with Gasteiger partial charge in [-0.15, -0.1) is 0 Å². The first-order valence-electron chi connectivity index (χ1n) is 10.8. The van der Waals surface area contributed by atoms with E-state index in [4.69, 9.17) is 4.74 Å². The van der Waals surface area contributed by atoms with Crippen molar-refractivity contribution in [2.24, 2.45) is 5.92 Å². The Morgan fingerprint density at radius 2 is 2.03 bits per heavy atom. The van der Waals surface area contributed by atoms with Gasteiger partial charge < -0.3 is 14.2 Å². The quantitative estimate of drug-likeness (QED) is 0.655. The van der Waals surface area contributed by atoms with Crippen molar-refractivity contribution < 1.29 is 17.9 Å². The van der Waals surface area contributed by atoms with Gasteiger partial charge in [-0.05, 0) is 61.9 Å². The number of rotatable bonds is 8. The lowest BCUT2D eigenvalue weighted by atomic mass is 9.98. The Morgan fingerprint density at radius 1 is 1.31 bits per heavy atom. The van der Waals surface area contributed by atoms with Crippen molar-refractivity contribution in [3.05, 3.63) is 47.8 Å². The van der Waals surface area contributed by atoms with E-state index in [1.54, 1.807) is 46.9 Å². The molecule has 1 aromatic heterocycles. The van der Waals surface area contributed by atoms with Gasteiger partial charge in [-0.3, -0.25) is 4.79 Å². The number of hydrogen-bond donors (Lipinski definition) is 1. The normalized spacial score (nSPS) is 15.9. The molecule has 1 unspecified atom stereocenters. The lowest BCUT2D eigenvalue weighted by molar-refractivity contribution is -0.134. The summed E-state index contributed by atoms with van der Waals surface area (Å²) in [5, 5.41) is 9.26. The Labute approximate surface area is 189 Å². The van der Waals surface area contributed by atoms with E-state index in [9.17, 15) is 18.5 Å². The molecule has 0 bridgehead atoms. The van der Waals surface area contributed by atoms with Gasteiger partial charge in [0.2, 0.25) is 15.9 Å². The Hall–Kier alpha value is -2.83. The first kappa shape index (κ1) is 23.8. The zero-order valence-electron chi connectivity index (χ0n) is 18.7. The summed E-state index contributed by atoms with van der Waals surface area (Å²) in [5.41, 5.74) is 1.23. The first-order chi connectivity index (χ1) is 15.2. The van der Waals surface area contributed by atoms with Gasteiger partial charge in [0, 0.05) is 25.8 Å². The average Bonchev–Trinajstić information content (AvgIpc) is 3.24. The smallest absolute Gasteiger partial charge is 0.244 e. The Balaban J connectivity index is 1.86. The summed E-state index contributed by atoms with van der Waals surface area (Å²) >= 11 is 0. The topological polar surface area (TPSA) is 104 Å². The fourth-order valence-electron chi connectivity index (χ4n) is 3.91. The Kier molecular flexibility index (Phi) is 7.59. The number of amides is 1. The number of carbonyl (C=O) groups is 1. The second-order valence-electron chi connectivity index (χ2n) is 8.32. The predicted octanol–water partition coefficient (Wildman–Crippen LogP) is 2.67. The van der Waals surface area contributed by atoms with Crippen LogP contribution in [0.4, 0.5) is 0 Å². The number of ether oxygens (including phenoxy) is 1. The molecule has 9 heteroatoms. The van der Waals surface area contributed by atoms with Crippen molar-refractivity contribution in [3.8, 4) is 11.8 Å². The molecule has 1 aliphatic rings. The number of methoxy groups -OCH3 is 1. The molecule has 3 rings (SSSR count). The number of nitrogens with one attached hydrogen (secondary N) is 1. The van der Waals surface area contributed by atoms with E-state index in [2.05, 4.69) is 17.7 Å². The van der Waals surface area contributed by atoms with Gasteiger partial charge in [0.25, 0.3) is 0 Å². The zero-order valence-corrected chi connectivity index (χ0v) is 19.6. The number of piperidine rings is 1. The van der Waals surface area contributed by atoms with Crippen molar-refractivity contribution in [2.45, 2.75) is 50.6 Å². The van der Waals surface area contributed by atoms with Gasteiger partial charge in [0.1, 0.15) is 28.4 Å². The molecule has 172 valence electrons. The maximum atomic E-state index is 13.3. The Bertz CT molecular complexity index is 1100. The summed E-state index contributed by atoms with van der Waals surface area (Å²) in [4.78, 5) is 15.1. The van der Waals surface area contributed by atoms with Crippen LogP contribution in [0.2, 0.25) is 0 Å². The van der Waals surface area contributed by atoms with Crippen molar-refractivity contribution in [2.75, 3.05) is 20.2 Å². The summed E-state index contributed by atoms with van der Waals surface area (Å²) in [6.45, 7) is 5.51. The number of carbonyl (C=O) groups excluding carboxylic acids is 1. The van der Waals surface area contributed by atoms with Crippen molar-refractivity contribution in [1.29, 1.82) is 5.26 Å². The highest BCUT2D eigenvalue weighted by atomic mass is 32.2. The summed E-state index contributed by atoms with van der Waals surface area (Å²) in [5.74, 6) is 0.528. The van der Waals surface area contributed by atoms with Crippen LogP contribution in [-0.2, 0) is 21.4 Å². The second kappa shape index (κ2) is 10.2. The van der Waals surface area contributed by atoms with Gasteiger partial charge in [-0.2, -0.15) is 9.98 Å². The molecule has 1 aromatic carbocycles. The molecule has 32 heavy (non-hydrogen) atoms. The number of aryl methyl sites for hydroxylation is 2.